The SMILES string of the molecule is CC(=O)OC[C@]12CCC(C)=C[C@H]1O[C@@H]1/C(=N\O)[C@@H](OC(C)=O)[C@@]2(C)[C@]12CO2. The average molecular weight is 379 g/mol. The molecule has 27 heavy (non-hydrogen) atoms. The third kappa shape index (κ3) is 2.20. The number of rotatable bonds is 3. The number of epoxide rings is 1. The van der Waals surface area contributed by atoms with Gasteiger partial charge in [0.25, 0.3) is 0 Å². The number of ether oxygens (including phenoxy) is 4. The van der Waals surface area contributed by atoms with E-state index in [-0.39, 0.29) is 24.4 Å². The Balaban J connectivity index is 1.90. The highest BCUT2D eigenvalue weighted by Crippen LogP contribution is 2.71. The van der Waals surface area contributed by atoms with Crippen LogP contribution in [0.25, 0.3) is 0 Å². The van der Waals surface area contributed by atoms with Gasteiger partial charge in [-0.3, -0.25) is 9.59 Å². The molecule has 1 N–H and O–H groups in total. The molecule has 6 atom stereocenters. The fourth-order valence-electron chi connectivity index (χ4n) is 5.48. The Labute approximate surface area is 157 Å². The molecule has 148 valence electrons. The summed E-state index contributed by atoms with van der Waals surface area (Å²) in [6.07, 6.45) is 1.72. The van der Waals surface area contributed by atoms with E-state index in [2.05, 4.69) is 5.16 Å². The lowest BCUT2D eigenvalue weighted by Crippen LogP contribution is -2.66. The van der Waals surface area contributed by atoms with Crippen LogP contribution in [-0.2, 0) is 28.5 Å². The van der Waals surface area contributed by atoms with Gasteiger partial charge >= 0.3 is 11.9 Å². The van der Waals surface area contributed by atoms with Crippen LogP contribution in [-0.4, -0.2) is 60.0 Å². The van der Waals surface area contributed by atoms with Crippen LogP contribution in [0.3, 0.4) is 0 Å². The monoisotopic (exact) mass is 379 g/mol. The topological polar surface area (TPSA) is 107 Å². The average Bonchev–Trinajstić information content (AvgIpc) is 3.37. The number of carbonyl (C=O) groups excluding carboxylic acids is 2. The molecule has 0 unspecified atom stereocenters. The molecule has 4 rings (SSSR count). The third-order valence-corrected chi connectivity index (χ3v) is 7.01. The Morgan fingerprint density at radius 1 is 1.37 bits per heavy atom. The molecule has 0 radical (unpaired) electrons. The Bertz CT molecular complexity index is 755. The molecule has 3 fully saturated rings. The molecule has 1 spiro atoms. The normalized spacial score (nSPS) is 46.0. The highest BCUT2D eigenvalue weighted by molar-refractivity contribution is 6.00. The third-order valence-electron chi connectivity index (χ3n) is 7.01. The van der Waals surface area contributed by atoms with Crippen LogP contribution >= 0.6 is 0 Å². The second kappa shape index (κ2) is 5.78. The molecule has 8 heteroatoms. The van der Waals surface area contributed by atoms with Gasteiger partial charge in [-0.2, -0.15) is 0 Å². The maximum atomic E-state index is 11.9. The Morgan fingerprint density at radius 3 is 2.63 bits per heavy atom. The number of fused-ring (bicyclic) bond motifs is 2. The van der Waals surface area contributed by atoms with Crippen molar-refractivity contribution in [3.8, 4) is 0 Å². The lowest BCUT2D eigenvalue weighted by atomic mass is 9.51. The smallest absolute Gasteiger partial charge is 0.303 e. The molecule has 2 heterocycles. The first-order valence-electron chi connectivity index (χ1n) is 9.21. The Kier molecular flexibility index (Phi) is 3.95. The standard InChI is InChI=1S/C19H25NO7/c1-10-5-6-18(8-24-11(2)21)13(7-10)27-16-14(20-23)15(26-12(3)22)17(18,4)19(16)9-25-19/h7,13,15-16,23H,5-6,8-9H2,1-4H3/b20-14-/t13-,15-,16-,17-,18-,19+/m1/s1. The van der Waals surface area contributed by atoms with Crippen LogP contribution in [0.15, 0.2) is 16.8 Å². The highest BCUT2D eigenvalue weighted by Gasteiger charge is 2.85. The molecule has 4 aliphatic rings. The first-order chi connectivity index (χ1) is 12.7. The van der Waals surface area contributed by atoms with Crippen LogP contribution < -0.4 is 0 Å². The summed E-state index contributed by atoms with van der Waals surface area (Å²) >= 11 is 0. The molecule has 0 aromatic heterocycles. The van der Waals surface area contributed by atoms with E-state index in [9.17, 15) is 14.8 Å². The maximum absolute atomic E-state index is 11.9. The van der Waals surface area contributed by atoms with E-state index < -0.39 is 34.6 Å². The van der Waals surface area contributed by atoms with E-state index in [1.54, 1.807) is 0 Å². The molecule has 2 aliphatic heterocycles. The number of nitrogens with zero attached hydrogens (tertiary/aromatic N) is 1. The summed E-state index contributed by atoms with van der Waals surface area (Å²) in [4.78, 5) is 23.5. The number of hydrogen-bond acceptors (Lipinski definition) is 8. The van der Waals surface area contributed by atoms with Gasteiger partial charge in [0.15, 0.2) is 6.10 Å². The number of esters is 2. The van der Waals surface area contributed by atoms with E-state index in [4.69, 9.17) is 18.9 Å². The van der Waals surface area contributed by atoms with Crippen LogP contribution in [0.1, 0.15) is 40.5 Å². The first-order valence-corrected chi connectivity index (χ1v) is 9.21. The minimum absolute atomic E-state index is 0.113. The van der Waals surface area contributed by atoms with Gasteiger partial charge in [0, 0.05) is 19.3 Å². The molecule has 2 aliphatic carbocycles. The van der Waals surface area contributed by atoms with Gasteiger partial charge in [0.2, 0.25) is 0 Å². The molecule has 1 saturated carbocycles. The second-order valence-corrected chi connectivity index (χ2v) is 8.28. The van der Waals surface area contributed by atoms with Crippen molar-refractivity contribution in [2.24, 2.45) is 16.0 Å². The van der Waals surface area contributed by atoms with Crippen LogP contribution in [0.5, 0.6) is 0 Å². The van der Waals surface area contributed by atoms with Gasteiger partial charge < -0.3 is 24.2 Å². The van der Waals surface area contributed by atoms with E-state index in [0.29, 0.717) is 13.0 Å². The van der Waals surface area contributed by atoms with E-state index in [0.717, 1.165) is 6.42 Å². The number of hydrogen-bond donors (Lipinski definition) is 1. The van der Waals surface area contributed by atoms with Crippen molar-refractivity contribution in [3.63, 3.8) is 0 Å². The molecular weight excluding hydrogens is 354 g/mol. The fourth-order valence-corrected chi connectivity index (χ4v) is 5.48. The van der Waals surface area contributed by atoms with E-state index >= 15 is 0 Å². The molecule has 8 nitrogen and oxygen atoms in total. The zero-order chi connectivity index (χ0) is 19.6. The van der Waals surface area contributed by atoms with Crippen molar-refractivity contribution in [2.75, 3.05) is 13.2 Å². The number of oxime groups is 1. The first kappa shape index (κ1) is 18.4. The second-order valence-electron chi connectivity index (χ2n) is 8.28. The Morgan fingerprint density at radius 2 is 2.07 bits per heavy atom. The molecule has 2 bridgehead atoms. The Hall–Kier alpha value is -1.93. The van der Waals surface area contributed by atoms with Gasteiger partial charge in [0.05, 0.1) is 18.1 Å². The molecule has 0 aromatic rings. The lowest BCUT2D eigenvalue weighted by Gasteiger charge is -2.57. The van der Waals surface area contributed by atoms with Crippen LogP contribution in [0.2, 0.25) is 0 Å². The van der Waals surface area contributed by atoms with Gasteiger partial charge in [0.1, 0.15) is 24.0 Å². The summed E-state index contributed by atoms with van der Waals surface area (Å²) in [6, 6.07) is 0. The summed E-state index contributed by atoms with van der Waals surface area (Å²) in [7, 11) is 0. The summed E-state index contributed by atoms with van der Waals surface area (Å²) in [6.45, 7) is 7.22. The fraction of sp³-hybridized carbons (Fsp3) is 0.737. The van der Waals surface area contributed by atoms with Crippen LogP contribution in [0, 0.1) is 10.8 Å². The van der Waals surface area contributed by atoms with Crippen molar-refractivity contribution in [3.05, 3.63) is 11.6 Å². The predicted molar refractivity (Wildman–Crippen MR) is 92.3 cm³/mol. The van der Waals surface area contributed by atoms with E-state index in [1.165, 1.54) is 19.4 Å². The lowest BCUT2D eigenvalue weighted by molar-refractivity contribution is -0.232. The zero-order valence-electron chi connectivity index (χ0n) is 16.0. The van der Waals surface area contributed by atoms with Gasteiger partial charge in [-0.15, -0.1) is 0 Å². The molecule has 0 aromatic carbocycles. The predicted octanol–water partition coefficient (Wildman–Crippen LogP) is 1.59. The largest absolute Gasteiger partial charge is 0.465 e. The van der Waals surface area contributed by atoms with Crippen molar-refractivity contribution >= 4 is 17.7 Å². The van der Waals surface area contributed by atoms with Crippen LogP contribution in [0.4, 0.5) is 0 Å². The quantitative estimate of drug-likeness (QED) is 0.261. The highest BCUT2D eigenvalue weighted by atomic mass is 16.6. The summed E-state index contributed by atoms with van der Waals surface area (Å²) < 4.78 is 23.4. The van der Waals surface area contributed by atoms with Crippen molar-refractivity contribution < 1.29 is 33.7 Å². The summed E-state index contributed by atoms with van der Waals surface area (Å²) in [5, 5.41) is 13.2. The summed E-state index contributed by atoms with van der Waals surface area (Å²) in [5.41, 5.74) is -0.760. The van der Waals surface area contributed by atoms with Gasteiger partial charge in [-0.05, 0) is 19.8 Å². The number of allylic oxidation sites excluding steroid dienone is 1. The zero-order valence-corrected chi connectivity index (χ0v) is 16.0. The van der Waals surface area contributed by atoms with Crippen molar-refractivity contribution in [1.29, 1.82) is 0 Å². The minimum atomic E-state index is -0.820. The molecular formula is C19H25NO7. The van der Waals surface area contributed by atoms with Gasteiger partial charge in [-0.1, -0.05) is 23.7 Å². The van der Waals surface area contributed by atoms with Crippen molar-refractivity contribution in [2.45, 2.75) is 64.4 Å². The number of carbonyl (C=O) groups is 2. The molecule has 2 saturated heterocycles. The van der Waals surface area contributed by atoms with E-state index in [1.807, 2.05) is 19.9 Å². The van der Waals surface area contributed by atoms with Crippen molar-refractivity contribution in [1.82, 2.24) is 0 Å². The molecule has 0 amide bonds. The summed E-state index contributed by atoms with van der Waals surface area (Å²) in [5.74, 6) is -0.864. The van der Waals surface area contributed by atoms with Gasteiger partial charge in [-0.25, -0.2) is 0 Å². The maximum Gasteiger partial charge on any atom is 0.303 e. The minimum Gasteiger partial charge on any atom is -0.465 e.